The molecular weight excluding hydrogens is 328 g/mol. The van der Waals surface area contributed by atoms with E-state index < -0.39 is 16.0 Å². The quantitative estimate of drug-likeness (QED) is 0.845. The van der Waals surface area contributed by atoms with Crippen LogP contribution in [0.15, 0.2) is 29.2 Å². The van der Waals surface area contributed by atoms with Gasteiger partial charge in [0.1, 0.15) is 0 Å². The van der Waals surface area contributed by atoms with Gasteiger partial charge < -0.3 is 5.11 Å². The van der Waals surface area contributed by atoms with Crippen molar-refractivity contribution in [2.45, 2.75) is 43.5 Å². The fraction of sp³-hybridized carbons (Fsp3) is 0.588. The van der Waals surface area contributed by atoms with Gasteiger partial charge in [-0.15, -0.1) is 0 Å². The van der Waals surface area contributed by atoms with E-state index in [1.165, 1.54) is 4.31 Å². The summed E-state index contributed by atoms with van der Waals surface area (Å²) in [6.45, 7) is 4.89. The van der Waals surface area contributed by atoms with E-state index in [4.69, 9.17) is 5.11 Å². The molecule has 1 aliphatic heterocycles. The number of sulfonamides is 1. The molecule has 2 rings (SSSR count). The van der Waals surface area contributed by atoms with E-state index in [1.54, 1.807) is 30.1 Å². The number of rotatable bonds is 6. The topological polar surface area (TPSA) is 77.9 Å². The molecule has 0 aliphatic carbocycles. The minimum atomic E-state index is -3.49. The predicted octanol–water partition coefficient (Wildman–Crippen LogP) is 1.98. The van der Waals surface area contributed by atoms with Crippen LogP contribution >= 0.6 is 0 Å². The van der Waals surface area contributed by atoms with Crippen molar-refractivity contribution >= 4 is 16.0 Å². The molecular formula is C17H26N2O4S. The van der Waals surface area contributed by atoms with Gasteiger partial charge in [0.15, 0.2) is 0 Å². The van der Waals surface area contributed by atoms with E-state index in [0.29, 0.717) is 30.8 Å². The zero-order valence-electron chi connectivity index (χ0n) is 14.5. The lowest BCUT2D eigenvalue weighted by Gasteiger charge is -2.35. The number of hydrogen-bond acceptors (Lipinski definition) is 4. The maximum absolute atomic E-state index is 12.8. The van der Waals surface area contributed by atoms with Crippen LogP contribution in [-0.4, -0.2) is 61.4 Å². The smallest absolute Gasteiger partial charge is 0.317 e. The first-order valence-corrected chi connectivity index (χ1v) is 9.68. The van der Waals surface area contributed by atoms with Crippen LogP contribution in [0.2, 0.25) is 0 Å². The van der Waals surface area contributed by atoms with Gasteiger partial charge >= 0.3 is 5.97 Å². The minimum absolute atomic E-state index is 0.0200. The van der Waals surface area contributed by atoms with Crippen molar-refractivity contribution in [1.82, 2.24) is 9.21 Å². The molecule has 0 atom stereocenters. The molecule has 134 valence electrons. The van der Waals surface area contributed by atoms with Crippen molar-refractivity contribution in [3.8, 4) is 0 Å². The molecule has 1 N–H and O–H groups in total. The van der Waals surface area contributed by atoms with Crippen LogP contribution in [-0.2, 0) is 14.8 Å². The average molecular weight is 354 g/mol. The van der Waals surface area contributed by atoms with E-state index in [-0.39, 0.29) is 18.5 Å². The molecule has 1 aliphatic rings. The molecule has 0 unspecified atom stereocenters. The van der Waals surface area contributed by atoms with Crippen LogP contribution in [0.25, 0.3) is 0 Å². The second kappa shape index (κ2) is 7.63. The summed E-state index contributed by atoms with van der Waals surface area (Å²) < 4.78 is 27.2. The van der Waals surface area contributed by atoms with E-state index >= 15 is 0 Å². The van der Waals surface area contributed by atoms with Crippen LogP contribution in [0.5, 0.6) is 0 Å². The van der Waals surface area contributed by atoms with Gasteiger partial charge in [0.05, 0.1) is 11.4 Å². The lowest BCUT2D eigenvalue weighted by Crippen LogP contribution is -2.46. The summed E-state index contributed by atoms with van der Waals surface area (Å²) in [4.78, 5) is 12.9. The third-order valence-electron chi connectivity index (χ3n) is 4.59. The Kier molecular flexibility index (Phi) is 6.01. The molecule has 0 spiro atoms. The van der Waals surface area contributed by atoms with Gasteiger partial charge in [-0.3, -0.25) is 9.69 Å². The van der Waals surface area contributed by atoms with Crippen LogP contribution < -0.4 is 0 Å². The summed E-state index contributed by atoms with van der Waals surface area (Å²) >= 11 is 0. The number of nitrogens with zero attached hydrogens (tertiary/aromatic N) is 2. The fourth-order valence-corrected chi connectivity index (χ4v) is 4.57. The number of carboxylic acid groups (broad SMARTS) is 1. The number of hydrogen-bond donors (Lipinski definition) is 1. The van der Waals surface area contributed by atoms with Gasteiger partial charge in [0.25, 0.3) is 0 Å². The highest BCUT2D eigenvalue weighted by atomic mass is 32.2. The number of carbonyl (C=O) groups is 1. The number of likely N-dealkylation sites (N-methyl/N-ethyl adjacent to an activating group) is 1. The molecule has 1 heterocycles. The Morgan fingerprint density at radius 1 is 1.33 bits per heavy atom. The standard InChI is InChI=1S/C17H26N2O4S/c1-13(2)14-5-4-6-16(11-14)24(22,23)19-9-7-15(8-10-19)18(3)12-17(20)21/h4-6,11,13,15H,7-10,12H2,1-3H3,(H,20,21). The van der Waals surface area contributed by atoms with E-state index in [2.05, 4.69) is 0 Å². The molecule has 0 aromatic heterocycles. The first-order chi connectivity index (χ1) is 11.2. The normalized spacial score (nSPS) is 17.5. The van der Waals surface area contributed by atoms with Gasteiger partial charge in [0, 0.05) is 19.1 Å². The maximum Gasteiger partial charge on any atom is 0.317 e. The second-order valence-electron chi connectivity index (χ2n) is 6.67. The molecule has 1 saturated heterocycles. The Balaban J connectivity index is 2.07. The Hall–Kier alpha value is -1.44. The van der Waals surface area contributed by atoms with Crippen LogP contribution in [0, 0.1) is 0 Å². The molecule has 0 bridgehead atoms. The molecule has 0 saturated carbocycles. The predicted molar refractivity (Wildman–Crippen MR) is 92.6 cm³/mol. The molecule has 1 aromatic carbocycles. The zero-order chi connectivity index (χ0) is 17.9. The summed E-state index contributed by atoms with van der Waals surface area (Å²) in [5.74, 6) is -0.589. The van der Waals surface area contributed by atoms with Gasteiger partial charge in [-0.05, 0) is 43.5 Å². The zero-order valence-corrected chi connectivity index (χ0v) is 15.3. The summed E-state index contributed by atoms with van der Waals surface area (Å²) in [7, 11) is -1.72. The summed E-state index contributed by atoms with van der Waals surface area (Å²) in [5, 5.41) is 8.87. The Morgan fingerprint density at radius 3 is 2.50 bits per heavy atom. The van der Waals surface area contributed by atoms with Gasteiger partial charge in [0.2, 0.25) is 10.0 Å². The number of piperidine rings is 1. The van der Waals surface area contributed by atoms with Crippen molar-refractivity contribution in [1.29, 1.82) is 0 Å². The number of aliphatic carboxylic acids is 1. The van der Waals surface area contributed by atoms with Gasteiger partial charge in [-0.25, -0.2) is 8.42 Å². The SMILES string of the molecule is CC(C)c1cccc(S(=O)(=O)N2CCC(N(C)CC(=O)O)CC2)c1. The third kappa shape index (κ3) is 4.34. The van der Waals surface area contributed by atoms with Crippen molar-refractivity contribution in [2.75, 3.05) is 26.7 Å². The van der Waals surface area contributed by atoms with Gasteiger partial charge in [-0.1, -0.05) is 26.0 Å². The number of carboxylic acids is 1. The van der Waals surface area contributed by atoms with Crippen molar-refractivity contribution in [3.05, 3.63) is 29.8 Å². The molecule has 0 amide bonds. The van der Waals surface area contributed by atoms with Crippen molar-refractivity contribution in [2.24, 2.45) is 0 Å². The molecule has 1 aromatic rings. The summed E-state index contributed by atoms with van der Waals surface area (Å²) in [5.41, 5.74) is 1.01. The minimum Gasteiger partial charge on any atom is -0.480 e. The van der Waals surface area contributed by atoms with Crippen LogP contribution in [0.1, 0.15) is 38.2 Å². The van der Waals surface area contributed by atoms with E-state index in [9.17, 15) is 13.2 Å². The van der Waals surface area contributed by atoms with E-state index in [0.717, 1.165) is 5.56 Å². The lowest BCUT2D eigenvalue weighted by molar-refractivity contribution is -0.138. The first-order valence-electron chi connectivity index (χ1n) is 8.24. The lowest BCUT2D eigenvalue weighted by atomic mass is 10.0. The van der Waals surface area contributed by atoms with Crippen molar-refractivity contribution < 1.29 is 18.3 Å². The highest BCUT2D eigenvalue weighted by Gasteiger charge is 2.31. The monoisotopic (exact) mass is 354 g/mol. The average Bonchev–Trinajstić information content (AvgIpc) is 2.54. The summed E-state index contributed by atoms with van der Waals surface area (Å²) in [6.07, 6.45) is 1.29. The van der Waals surface area contributed by atoms with Crippen LogP contribution in [0.3, 0.4) is 0 Å². The highest BCUT2D eigenvalue weighted by molar-refractivity contribution is 7.89. The Labute approximate surface area is 144 Å². The number of benzene rings is 1. The highest BCUT2D eigenvalue weighted by Crippen LogP contribution is 2.25. The van der Waals surface area contributed by atoms with E-state index in [1.807, 2.05) is 19.9 Å². The molecule has 0 radical (unpaired) electrons. The maximum atomic E-state index is 12.8. The van der Waals surface area contributed by atoms with Crippen LogP contribution in [0.4, 0.5) is 0 Å². The molecule has 1 fully saturated rings. The third-order valence-corrected chi connectivity index (χ3v) is 6.49. The van der Waals surface area contributed by atoms with Gasteiger partial charge in [-0.2, -0.15) is 4.31 Å². The Morgan fingerprint density at radius 2 is 1.96 bits per heavy atom. The Bertz CT molecular complexity index is 680. The molecule has 6 nitrogen and oxygen atoms in total. The first kappa shape index (κ1) is 18.9. The fourth-order valence-electron chi connectivity index (χ4n) is 3.05. The van der Waals surface area contributed by atoms with Crippen molar-refractivity contribution in [3.63, 3.8) is 0 Å². The summed E-state index contributed by atoms with van der Waals surface area (Å²) in [6, 6.07) is 7.23. The molecule has 7 heteroatoms. The largest absolute Gasteiger partial charge is 0.480 e. The molecule has 24 heavy (non-hydrogen) atoms. The second-order valence-corrected chi connectivity index (χ2v) is 8.61.